The van der Waals surface area contributed by atoms with Gasteiger partial charge in [0, 0.05) is 19.0 Å². The number of hydrogen-bond acceptors (Lipinski definition) is 10. The van der Waals surface area contributed by atoms with Crippen molar-refractivity contribution in [3.8, 4) is 12.3 Å². The maximum absolute atomic E-state index is 12.1. The second-order valence-electron chi connectivity index (χ2n) is 9.32. The van der Waals surface area contributed by atoms with Gasteiger partial charge in [-0.2, -0.15) is 9.97 Å². The number of benzene rings is 1. The molecule has 1 unspecified atom stereocenters. The van der Waals surface area contributed by atoms with Crippen molar-refractivity contribution in [1.82, 2.24) is 19.5 Å². The fraction of sp³-hybridized carbons (Fsp3) is 0.423. The van der Waals surface area contributed by atoms with E-state index in [-0.39, 0.29) is 17.0 Å². The van der Waals surface area contributed by atoms with Crippen LogP contribution < -0.4 is 4.90 Å². The molecule has 14 heteroatoms. The van der Waals surface area contributed by atoms with Crippen LogP contribution in [-0.4, -0.2) is 95.5 Å². The summed E-state index contributed by atoms with van der Waals surface area (Å²) in [7, 11) is 0. The number of rotatable bonds is 13. The summed E-state index contributed by atoms with van der Waals surface area (Å²) in [5, 5.41) is 40.3. The molecule has 3 heterocycles. The second kappa shape index (κ2) is 12.2. The molecule has 0 radical (unpaired) electrons. The molecule has 1 aliphatic heterocycles. The summed E-state index contributed by atoms with van der Waals surface area (Å²) in [6.07, 6.45) is 2.98. The van der Waals surface area contributed by atoms with Crippen molar-refractivity contribution < 1.29 is 39.5 Å². The number of ether oxygens (including phenoxy) is 2. The van der Waals surface area contributed by atoms with E-state index in [9.17, 15) is 30.0 Å². The fourth-order valence-electron chi connectivity index (χ4n) is 4.34. The molecule has 0 amide bonds. The van der Waals surface area contributed by atoms with Gasteiger partial charge >= 0.3 is 11.9 Å². The summed E-state index contributed by atoms with van der Waals surface area (Å²) in [5.41, 5.74) is -1.70. The van der Waals surface area contributed by atoms with Gasteiger partial charge in [0.05, 0.1) is 19.5 Å². The van der Waals surface area contributed by atoms with Crippen molar-refractivity contribution in [3.63, 3.8) is 0 Å². The molecule has 0 saturated carbocycles. The lowest BCUT2D eigenvalue weighted by Crippen LogP contribution is -2.52. The number of anilines is 1. The molecule has 1 saturated heterocycles. The predicted octanol–water partition coefficient (Wildman–Crippen LogP) is 1.12. The molecule has 1 aliphatic rings. The Morgan fingerprint density at radius 3 is 2.50 bits per heavy atom. The highest BCUT2D eigenvalue weighted by molar-refractivity contribution is 6.28. The molecule has 1 aromatic carbocycles. The molecule has 4 atom stereocenters. The van der Waals surface area contributed by atoms with Gasteiger partial charge in [-0.3, -0.25) is 4.57 Å². The quantitative estimate of drug-likeness (QED) is 0.130. The van der Waals surface area contributed by atoms with E-state index in [0.717, 1.165) is 13.0 Å². The Hall–Kier alpha value is -3.80. The van der Waals surface area contributed by atoms with Gasteiger partial charge in [0.2, 0.25) is 5.28 Å². The van der Waals surface area contributed by atoms with Crippen LogP contribution in [0.4, 0.5) is 5.82 Å². The summed E-state index contributed by atoms with van der Waals surface area (Å²) < 4.78 is 12.6. The number of aliphatic hydroxyl groups excluding tert-OH is 2. The molecule has 40 heavy (non-hydrogen) atoms. The maximum Gasteiger partial charge on any atom is 0.348 e. The topological polar surface area (TPSA) is 180 Å². The van der Waals surface area contributed by atoms with Gasteiger partial charge in [-0.15, -0.1) is 6.42 Å². The lowest BCUT2D eigenvalue weighted by atomic mass is 9.94. The lowest BCUT2D eigenvalue weighted by Gasteiger charge is -2.39. The van der Waals surface area contributed by atoms with Gasteiger partial charge in [-0.1, -0.05) is 36.3 Å². The SMILES string of the molecule is C#C[C@@H](O)[C@@H](O[C@@H](CO)COC(Cc1ccccc1)(C(=O)O)C(=O)O)n1cnc2c(N3CCC3C)nc(Cl)nc21. The Labute approximate surface area is 234 Å². The van der Waals surface area contributed by atoms with Crippen molar-refractivity contribution in [2.75, 3.05) is 24.7 Å². The summed E-state index contributed by atoms with van der Waals surface area (Å²) in [6.45, 7) is 1.36. The van der Waals surface area contributed by atoms with E-state index in [4.69, 9.17) is 27.5 Å². The highest BCUT2D eigenvalue weighted by Gasteiger charge is 2.49. The predicted molar refractivity (Wildman–Crippen MR) is 142 cm³/mol. The van der Waals surface area contributed by atoms with Crippen LogP contribution in [0.3, 0.4) is 0 Å². The number of hydrogen-bond donors (Lipinski definition) is 4. The summed E-state index contributed by atoms with van der Waals surface area (Å²) in [4.78, 5) is 39.2. The zero-order valence-corrected chi connectivity index (χ0v) is 22.2. The smallest absolute Gasteiger partial charge is 0.348 e. The molecule has 0 spiro atoms. The normalized spacial score (nSPS) is 17.6. The van der Waals surface area contributed by atoms with E-state index in [1.807, 2.05) is 11.8 Å². The van der Waals surface area contributed by atoms with Gasteiger partial charge in [-0.05, 0) is 30.5 Å². The minimum absolute atomic E-state index is 0.0760. The third-order valence-corrected chi connectivity index (χ3v) is 6.89. The molecular formula is C26H28ClN5O8. The first kappa shape index (κ1) is 29.2. The van der Waals surface area contributed by atoms with Crippen molar-refractivity contribution in [1.29, 1.82) is 0 Å². The van der Waals surface area contributed by atoms with E-state index >= 15 is 0 Å². The third-order valence-electron chi connectivity index (χ3n) is 6.72. The number of halogens is 1. The van der Waals surface area contributed by atoms with Crippen LogP contribution >= 0.6 is 11.6 Å². The van der Waals surface area contributed by atoms with E-state index in [1.165, 1.54) is 10.9 Å². The Morgan fingerprint density at radius 1 is 1.25 bits per heavy atom. The zero-order chi connectivity index (χ0) is 29.0. The van der Waals surface area contributed by atoms with Crippen LogP contribution in [0.2, 0.25) is 5.28 Å². The molecule has 4 rings (SSSR count). The van der Waals surface area contributed by atoms with E-state index in [2.05, 4.69) is 20.9 Å². The molecule has 0 aliphatic carbocycles. The number of aromatic nitrogens is 4. The van der Waals surface area contributed by atoms with Crippen LogP contribution in [0.25, 0.3) is 11.2 Å². The lowest BCUT2D eigenvalue weighted by molar-refractivity contribution is -0.195. The Morgan fingerprint density at radius 2 is 1.95 bits per heavy atom. The van der Waals surface area contributed by atoms with Crippen LogP contribution in [0.15, 0.2) is 36.7 Å². The van der Waals surface area contributed by atoms with E-state index in [0.29, 0.717) is 16.9 Å². The average Bonchev–Trinajstić information content (AvgIpc) is 3.34. The fourth-order valence-corrected chi connectivity index (χ4v) is 4.50. The minimum Gasteiger partial charge on any atom is -0.479 e. The van der Waals surface area contributed by atoms with Crippen molar-refractivity contribution >= 4 is 40.5 Å². The van der Waals surface area contributed by atoms with Crippen LogP contribution in [0.5, 0.6) is 0 Å². The summed E-state index contributed by atoms with van der Waals surface area (Å²) in [5.74, 6) is -0.819. The van der Waals surface area contributed by atoms with Crippen LogP contribution in [0, 0.1) is 12.3 Å². The highest BCUT2D eigenvalue weighted by atomic mass is 35.5. The van der Waals surface area contributed by atoms with Gasteiger partial charge in [0.1, 0.15) is 6.10 Å². The minimum atomic E-state index is -2.68. The molecule has 2 aromatic heterocycles. The maximum atomic E-state index is 12.1. The number of carboxylic acids is 2. The van der Waals surface area contributed by atoms with Crippen molar-refractivity contribution in [2.24, 2.45) is 0 Å². The molecule has 212 valence electrons. The Bertz CT molecular complexity index is 1400. The van der Waals surface area contributed by atoms with Gasteiger partial charge in [0.25, 0.3) is 5.60 Å². The largest absolute Gasteiger partial charge is 0.479 e. The monoisotopic (exact) mass is 573 g/mol. The highest BCUT2D eigenvalue weighted by Crippen LogP contribution is 2.33. The average molecular weight is 574 g/mol. The third kappa shape index (κ3) is 5.72. The van der Waals surface area contributed by atoms with E-state index in [1.54, 1.807) is 30.3 Å². The van der Waals surface area contributed by atoms with Crippen molar-refractivity contribution in [2.45, 2.75) is 49.8 Å². The van der Waals surface area contributed by atoms with Gasteiger partial charge in [0.15, 0.2) is 29.3 Å². The number of aliphatic hydroxyl groups is 2. The standard InChI is InChI=1S/C26H28ClN5O8/c1-3-18(34)22(32-14-28-19-20(31-10-9-15(31)2)29-25(27)30-21(19)32)40-17(12-33)13-39-26(23(35)36,24(37)38)11-16-7-5-4-6-8-16/h1,4-8,14-15,17-18,22,33-34H,9-13H2,2H3,(H,35,36)(H,37,38)/t15?,17-,18+,22+/m0/s1. The summed E-state index contributed by atoms with van der Waals surface area (Å²) in [6, 6.07) is 8.30. The van der Waals surface area contributed by atoms with Crippen LogP contribution in [-0.2, 0) is 25.5 Å². The number of fused-ring (bicyclic) bond motifs is 1. The van der Waals surface area contributed by atoms with Crippen molar-refractivity contribution in [3.05, 3.63) is 47.5 Å². The van der Waals surface area contributed by atoms with E-state index < -0.39 is 55.6 Å². The molecule has 4 N–H and O–H groups in total. The molecule has 0 bridgehead atoms. The van der Waals surface area contributed by atoms with Crippen LogP contribution in [0.1, 0.15) is 25.1 Å². The van der Waals surface area contributed by atoms with Gasteiger partial charge < -0.3 is 34.8 Å². The number of terminal acetylenes is 1. The molecule has 13 nitrogen and oxygen atoms in total. The first-order chi connectivity index (χ1) is 19.1. The summed E-state index contributed by atoms with van der Waals surface area (Å²) >= 11 is 6.20. The Kier molecular flexibility index (Phi) is 8.87. The number of carboxylic acid groups (broad SMARTS) is 2. The number of imidazole rings is 1. The zero-order valence-electron chi connectivity index (χ0n) is 21.4. The molecular weight excluding hydrogens is 546 g/mol. The van der Waals surface area contributed by atoms with Gasteiger partial charge in [-0.25, -0.2) is 14.6 Å². The molecule has 1 fully saturated rings. The Balaban J connectivity index is 1.62. The number of carbonyl (C=O) groups is 2. The number of nitrogens with zero attached hydrogens (tertiary/aromatic N) is 5. The molecule has 3 aromatic rings. The number of aliphatic carboxylic acids is 2. The first-order valence-corrected chi connectivity index (χ1v) is 12.7. The first-order valence-electron chi connectivity index (χ1n) is 12.3. The second-order valence-corrected chi connectivity index (χ2v) is 9.66.